The van der Waals surface area contributed by atoms with E-state index >= 15 is 0 Å². The van der Waals surface area contributed by atoms with Gasteiger partial charge in [0.05, 0.1) is 27.8 Å². The molecule has 0 spiro atoms. The summed E-state index contributed by atoms with van der Waals surface area (Å²) < 4.78 is 4.65. The minimum Gasteiger partial charge on any atom is -0.317 e. The Kier molecular flexibility index (Phi) is 7.24. The van der Waals surface area contributed by atoms with Crippen LogP contribution in [-0.4, -0.2) is 19.1 Å². The molecule has 278 valence electrons. The van der Waals surface area contributed by atoms with Crippen LogP contribution in [0.25, 0.3) is 99.9 Å². The Bertz CT molecular complexity index is 3440. The van der Waals surface area contributed by atoms with Gasteiger partial charge in [-0.15, -0.1) is 0 Å². The van der Waals surface area contributed by atoms with Crippen molar-refractivity contribution in [2.75, 3.05) is 0 Å². The van der Waals surface area contributed by atoms with E-state index in [1.165, 1.54) is 66.1 Å². The van der Waals surface area contributed by atoms with E-state index in [9.17, 15) is 0 Å². The van der Waals surface area contributed by atoms with Crippen molar-refractivity contribution in [3.63, 3.8) is 0 Å². The first-order valence-corrected chi connectivity index (χ1v) is 20.3. The lowest BCUT2D eigenvalue weighted by molar-refractivity contribution is 0.660. The van der Waals surface area contributed by atoms with Gasteiger partial charge in [0.2, 0.25) is 0 Å². The highest BCUT2D eigenvalue weighted by Crippen LogP contribution is 2.49. The Morgan fingerprint density at radius 1 is 0.424 bits per heavy atom. The number of benzene rings is 8. The molecule has 0 fully saturated rings. The molecule has 8 aromatic carbocycles. The molecule has 3 aromatic heterocycles. The van der Waals surface area contributed by atoms with Crippen LogP contribution in [0, 0.1) is 0 Å². The Hall–Kier alpha value is -7.56. The summed E-state index contributed by atoms with van der Waals surface area (Å²) in [6.45, 7) is 4.67. The number of aromatic nitrogens is 4. The zero-order chi connectivity index (χ0) is 39.2. The highest BCUT2D eigenvalue weighted by atomic mass is 15.0. The Morgan fingerprint density at radius 2 is 1.07 bits per heavy atom. The number of rotatable bonds is 5. The molecule has 0 amide bonds. The second-order valence-corrected chi connectivity index (χ2v) is 16.2. The molecule has 3 heterocycles. The lowest BCUT2D eigenvalue weighted by Crippen LogP contribution is -2.14. The molecule has 0 atom stereocenters. The summed E-state index contributed by atoms with van der Waals surface area (Å²) in [6.07, 6.45) is 2.18. The fourth-order valence-corrected chi connectivity index (χ4v) is 9.67. The Morgan fingerprint density at radius 3 is 1.92 bits per heavy atom. The molecule has 0 unspecified atom stereocenters. The normalized spacial score (nSPS) is 13.1. The van der Waals surface area contributed by atoms with E-state index in [1.807, 2.05) is 0 Å². The second kappa shape index (κ2) is 12.7. The molecule has 59 heavy (non-hydrogen) atoms. The van der Waals surface area contributed by atoms with Crippen molar-refractivity contribution < 1.29 is 0 Å². The van der Waals surface area contributed by atoms with Gasteiger partial charge in [0.15, 0.2) is 5.82 Å². The van der Waals surface area contributed by atoms with Gasteiger partial charge in [0.1, 0.15) is 0 Å². The van der Waals surface area contributed by atoms with Crippen LogP contribution in [0.4, 0.5) is 0 Å². The Balaban J connectivity index is 0.914. The molecule has 1 aliphatic rings. The third-order valence-corrected chi connectivity index (χ3v) is 12.6. The molecular formula is C55H38N4. The smallest absolute Gasteiger partial charge is 0.160 e. The maximum Gasteiger partial charge on any atom is 0.160 e. The highest BCUT2D eigenvalue weighted by molar-refractivity contribution is 6.21. The van der Waals surface area contributed by atoms with Gasteiger partial charge in [-0.05, 0) is 106 Å². The SMILES string of the molecule is CC1(C)c2ccccc2-c2ccc(-c3ccc(-c4nc(-c5ccc(-n6c7ccccc7c7c8ccn(-c9ccccc9)c8ccc76)cc5)nc5ccccc45)cc3)cc21. The number of hydrogen-bond acceptors (Lipinski definition) is 2. The first-order valence-electron chi connectivity index (χ1n) is 20.3. The van der Waals surface area contributed by atoms with Gasteiger partial charge in [-0.2, -0.15) is 0 Å². The van der Waals surface area contributed by atoms with Crippen molar-refractivity contribution in [1.29, 1.82) is 0 Å². The van der Waals surface area contributed by atoms with Crippen molar-refractivity contribution >= 4 is 43.6 Å². The van der Waals surface area contributed by atoms with E-state index < -0.39 is 0 Å². The summed E-state index contributed by atoms with van der Waals surface area (Å²) in [5.41, 5.74) is 17.5. The van der Waals surface area contributed by atoms with Crippen LogP contribution >= 0.6 is 0 Å². The maximum atomic E-state index is 5.27. The fourth-order valence-electron chi connectivity index (χ4n) is 9.67. The quantitative estimate of drug-likeness (QED) is 0.175. The van der Waals surface area contributed by atoms with E-state index in [2.05, 4.69) is 217 Å². The number of fused-ring (bicyclic) bond motifs is 9. The lowest BCUT2D eigenvalue weighted by atomic mass is 9.81. The van der Waals surface area contributed by atoms with Gasteiger partial charge in [0, 0.05) is 55.7 Å². The van der Waals surface area contributed by atoms with Crippen LogP contribution < -0.4 is 0 Å². The van der Waals surface area contributed by atoms with Crippen LogP contribution in [0.2, 0.25) is 0 Å². The van der Waals surface area contributed by atoms with E-state index in [4.69, 9.17) is 9.97 Å². The third-order valence-electron chi connectivity index (χ3n) is 12.6. The summed E-state index contributed by atoms with van der Waals surface area (Å²) in [4.78, 5) is 10.4. The molecule has 0 saturated heterocycles. The van der Waals surface area contributed by atoms with Crippen LogP contribution in [0.5, 0.6) is 0 Å². The molecule has 0 radical (unpaired) electrons. The fraction of sp³-hybridized carbons (Fsp3) is 0.0545. The van der Waals surface area contributed by atoms with Crippen molar-refractivity contribution in [2.45, 2.75) is 19.3 Å². The third kappa shape index (κ3) is 5.09. The van der Waals surface area contributed by atoms with Crippen LogP contribution in [-0.2, 0) is 5.41 Å². The molecule has 4 nitrogen and oxygen atoms in total. The topological polar surface area (TPSA) is 35.6 Å². The first kappa shape index (κ1) is 33.6. The predicted octanol–water partition coefficient (Wildman–Crippen LogP) is 14.0. The van der Waals surface area contributed by atoms with Gasteiger partial charge in [0.25, 0.3) is 0 Å². The largest absolute Gasteiger partial charge is 0.317 e. The first-order chi connectivity index (χ1) is 29.0. The summed E-state index contributed by atoms with van der Waals surface area (Å²) >= 11 is 0. The molecule has 11 aromatic rings. The molecule has 0 saturated carbocycles. The minimum absolute atomic E-state index is 0.0390. The average molecular weight is 755 g/mol. The standard InChI is InChI=1S/C55H38N4/c1-55(2)46-17-9-6-14-41(46)42-29-26-38(34-47(42)55)35-20-22-36(23-21-35)53-43-15-7-10-18-48(43)56-54(57-53)37-24-27-40(28-25-37)59-50-19-11-8-16-44(50)52-45-32-33-58(39-12-4-3-5-13-39)49(45)30-31-51(52)59/h3-34H,1-2H3. The minimum atomic E-state index is -0.0390. The maximum absolute atomic E-state index is 5.27. The predicted molar refractivity (Wildman–Crippen MR) is 245 cm³/mol. The van der Waals surface area contributed by atoms with E-state index in [1.54, 1.807) is 0 Å². The second-order valence-electron chi connectivity index (χ2n) is 16.2. The molecule has 12 rings (SSSR count). The monoisotopic (exact) mass is 754 g/mol. The van der Waals surface area contributed by atoms with Gasteiger partial charge < -0.3 is 9.13 Å². The lowest BCUT2D eigenvalue weighted by Gasteiger charge is -2.22. The Labute approximate surface area is 342 Å². The summed E-state index contributed by atoms with van der Waals surface area (Å²) in [7, 11) is 0. The van der Waals surface area contributed by atoms with Gasteiger partial charge in [-0.3, -0.25) is 0 Å². The summed E-state index contributed by atoms with van der Waals surface area (Å²) in [6, 6.07) is 67.7. The van der Waals surface area contributed by atoms with E-state index in [0.717, 1.165) is 39.1 Å². The van der Waals surface area contributed by atoms with Crippen LogP contribution in [0.1, 0.15) is 25.0 Å². The van der Waals surface area contributed by atoms with Crippen molar-refractivity contribution in [2.24, 2.45) is 0 Å². The molecule has 0 bridgehead atoms. The molecule has 0 N–H and O–H groups in total. The number of hydrogen-bond donors (Lipinski definition) is 0. The number of nitrogens with zero attached hydrogens (tertiary/aromatic N) is 4. The summed E-state index contributed by atoms with van der Waals surface area (Å²) in [5.74, 6) is 0.709. The van der Waals surface area contributed by atoms with E-state index in [-0.39, 0.29) is 5.41 Å². The molecular weight excluding hydrogens is 717 g/mol. The zero-order valence-electron chi connectivity index (χ0n) is 32.8. The van der Waals surface area contributed by atoms with Crippen molar-refractivity contribution in [3.05, 3.63) is 205 Å². The van der Waals surface area contributed by atoms with Crippen LogP contribution in [0.3, 0.4) is 0 Å². The average Bonchev–Trinajstić information content (AvgIpc) is 3.95. The highest BCUT2D eigenvalue weighted by Gasteiger charge is 2.35. The van der Waals surface area contributed by atoms with Crippen molar-refractivity contribution in [1.82, 2.24) is 19.1 Å². The number of para-hydroxylation sites is 3. The molecule has 1 aliphatic carbocycles. The van der Waals surface area contributed by atoms with Crippen molar-refractivity contribution in [3.8, 4) is 56.3 Å². The van der Waals surface area contributed by atoms with Crippen LogP contribution in [0.15, 0.2) is 194 Å². The molecule has 0 aliphatic heterocycles. The van der Waals surface area contributed by atoms with E-state index in [0.29, 0.717) is 5.82 Å². The van der Waals surface area contributed by atoms with Gasteiger partial charge in [-0.25, -0.2) is 9.97 Å². The molecule has 4 heteroatoms. The summed E-state index contributed by atoms with van der Waals surface area (Å²) in [5, 5.41) is 4.78. The van der Waals surface area contributed by atoms with Gasteiger partial charge in [-0.1, -0.05) is 129 Å². The van der Waals surface area contributed by atoms with Gasteiger partial charge >= 0.3 is 0 Å². The zero-order valence-corrected chi connectivity index (χ0v) is 32.8.